The van der Waals surface area contributed by atoms with Crippen molar-refractivity contribution in [3.8, 4) is 0 Å². The monoisotopic (exact) mass is 506 g/mol. The Labute approximate surface area is 202 Å². The Morgan fingerprint density at radius 2 is 1.85 bits per heavy atom. The van der Waals surface area contributed by atoms with Gasteiger partial charge in [-0.15, -0.1) is 11.3 Å². The van der Waals surface area contributed by atoms with E-state index in [1.807, 2.05) is 11.4 Å². The number of carbonyl (C=O) groups is 2. The standard InChI is InChI=1S/C22H26N4O4S3/c27-20-19-16(11-13-32-19)14-26(20)22(28)23-12-10-15-6-8-18(9-7-15)33(29,30)25-21(31)24-17-4-2-1-3-5-17/h6-9,11,13,17H,1-5,10,12,14H2,(H,23,28)(H2,24,25,31). The third-order valence-corrected chi connectivity index (χ3v) is 8.51. The number of urea groups is 1. The van der Waals surface area contributed by atoms with Crippen molar-refractivity contribution in [2.24, 2.45) is 0 Å². The Hall–Kier alpha value is -2.50. The summed E-state index contributed by atoms with van der Waals surface area (Å²) in [6.07, 6.45) is 5.95. The summed E-state index contributed by atoms with van der Waals surface area (Å²) in [5.41, 5.74) is 1.74. The highest BCUT2D eigenvalue weighted by atomic mass is 32.2. The van der Waals surface area contributed by atoms with Gasteiger partial charge in [-0.3, -0.25) is 14.4 Å². The molecule has 1 aromatic heterocycles. The number of fused-ring (bicyclic) bond motifs is 1. The molecule has 1 fully saturated rings. The summed E-state index contributed by atoms with van der Waals surface area (Å²) in [7, 11) is -3.77. The summed E-state index contributed by atoms with van der Waals surface area (Å²) in [6, 6.07) is 8.10. The zero-order valence-corrected chi connectivity index (χ0v) is 20.5. The minimum absolute atomic E-state index is 0.122. The number of sulfonamides is 1. The van der Waals surface area contributed by atoms with E-state index < -0.39 is 16.1 Å². The van der Waals surface area contributed by atoms with Crippen LogP contribution in [0.2, 0.25) is 0 Å². The maximum Gasteiger partial charge on any atom is 0.324 e. The largest absolute Gasteiger partial charge is 0.359 e. The smallest absolute Gasteiger partial charge is 0.324 e. The fourth-order valence-electron chi connectivity index (χ4n) is 4.06. The van der Waals surface area contributed by atoms with Gasteiger partial charge in [-0.05, 0) is 66.2 Å². The number of thiophene rings is 1. The van der Waals surface area contributed by atoms with Gasteiger partial charge < -0.3 is 10.6 Å². The number of hydrogen-bond acceptors (Lipinski definition) is 6. The van der Waals surface area contributed by atoms with E-state index in [0.29, 0.717) is 24.4 Å². The van der Waals surface area contributed by atoms with E-state index in [2.05, 4.69) is 15.4 Å². The second kappa shape index (κ2) is 10.2. The lowest BCUT2D eigenvalue weighted by Gasteiger charge is -2.24. The van der Waals surface area contributed by atoms with E-state index in [4.69, 9.17) is 12.2 Å². The molecule has 0 saturated heterocycles. The fraction of sp³-hybridized carbons (Fsp3) is 0.409. The third kappa shape index (κ3) is 5.71. The van der Waals surface area contributed by atoms with Crippen LogP contribution in [0.3, 0.4) is 0 Å². The lowest BCUT2D eigenvalue weighted by molar-refractivity contribution is 0.0824. The molecular weight excluding hydrogens is 480 g/mol. The van der Waals surface area contributed by atoms with E-state index in [0.717, 1.165) is 36.8 Å². The second-order valence-electron chi connectivity index (χ2n) is 8.21. The van der Waals surface area contributed by atoms with Crippen molar-refractivity contribution in [3.05, 3.63) is 51.7 Å². The minimum atomic E-state index is -3.77. The third-order valence-electron chi connectivity index (χ3n) is 5.85. The lowest BCUT2D eigenvalue weighted by atomic mass is 9.96. The number of benzene rings is 1. The van der Waals surface area contributed by atoms with Gasteiger partial charge >= 0.3 is 6.03 Å². The van der Waals surface area contributed by atoms with E-state index in [9.17, 15) is 18.0 Å². The molecule has 176 valence electrons. The van der Waals surface area contributed by atoms with Crippen LogP contribution in [0.15, 0.2) is 40.6 Å². The summed E-state index contributed by atoms with van der Waals surface area (Å²) in [6.45, 7) is 0.622. The van der Waals surface area contributed by atoms with Crippen molar-refractivity contribution in [2.45, 2.75) is 56.0 Å². The zero-order valence-electron chi connectivity index (χ0n) is 18.0. The van der Waals surface area contributed by atoms with Crippen LogP contribution in [-0.4, -0.2) is 43.0 Å². The quantitative estimate of drug-likeness (QED) is 0.520. The number of imide groups is 1. The molecule has 1 aliphatic carbocycles. The molecule has 0 bridgehead atoms. The van der Waals surface area contributed by atoms with Crippen LogP contribution in [0.1, 0.15) is 52.9 Å². The number of hydrogen-bond donors (Lipinski definition) is 3. The van der Waals surface area contributed by atoms with Crippen molar-refractivity contribution in [2.75, 3.05) is 6.54 Å². The first-order valence-electron chi connectivity index (χ1n) is 10.9. The number of nitrogens with zero attached hydrogens (tertiary/aromatic N) is 1. The van der Waals surface area contributed by atoms with Gasteiger partial charge in [-0.25, -0.2) is 13.2 Å². The minimum Gasteiger partial charge on any atom is -0.359 e. The molecule has 8 nitrogen and oxygen atoms in total. The maximum atomic E-state index is 12.6. The average Bonchev–Trinajstić information content (AvgIpc) is 3.37. The van der Waals surface area contributed by atoms with Crippen LogP contribution in [0.25, 0.3) is 0 Å². The summed E-state index contributed by atoms with van der Waals surface area (Å²) in [5.74, 6) is -0.268. The number of amides is 3. The highest BCUT2D eigenvalue weighted by Gasteiger charge is 2.32. The first kappa shape index (κ1) is 23.7. The Bertz CT molecular complexity index is 1140. The Balaban J connectivity index is 1.24. The van der Waals surface area contributed by atoms with Crippen LogP contribution in [-0.2, 0) is 23.0 Å². The van der Waals surface area contributed by atoms with Gasteiger partial charge in [-0.2, -0.15) is 0 Å². The molecule has 1 aliphatic heterocycles. The van der Waals surface area contributed by atoms with E-state index in [1.54, 1.807) is 12.1 Å². The van der Waals surface area contributed by atoms with Crippen LogP contribution in [0, 0.1) is 0 Å². The molecule has 1 aromatic carbocycles. The first-order valence-corrected chi connectivity index (χ1v) is 13.7. The molecule has 0 atom stereocenters. The van der Waals surface area contributed by atoms with Crippen LogP contribution in [0.4, 0.5) is 4.79 Å². The van der Waals surface area contributed by atoms with Gasteiger partial charge in [0.2, 0.25) is 0 Å². The van der Waals surface area contributed by atoms with Crippen LogP contribution < -0.4 is 15.4 Å². The van der Waals surface area contributed by atoms with Gasteiger partial charge in [0.15, 0.2) is 5.11 Å². The van der Waals surface area contributed by atoms with Crippen LogP contribution >= 0.6 is 23.6 Å². The van der Waals surface area contributed by atoms with Gasteiger partial charge in [-0.1, -0.05) is 31.4 Å². The average molecular weight is 507 g/mol. The topological polar surface area (TPSA) is 108 Å². The van der Waals surface area contributed by atoms with Gasteiger partial charge in [0.1, 0.15) is 0 Å². The zero-order chi connectivity index (χ0) is 23.4. The molecule has 4 rings (SSSR count). The Morgan fingerprint density at radius 1 is 1.12 bits per heavy atom. The summed E-state index contributed by atoms with van der Waals surface area (Å²) >= 11 is 6.53. The SMILES string of the molecule is O=C(NCCc1ccc(S(=O)(=O)NC(=S)NC2CCCCC2)cc1)N1Cc2ccsc2C1=O. The highest BCUT2D eigenvalue weighted by molar-refractivity contribution is 7.91. The molecule has 33 heavy (non-hydrogen) atoms. The lowest BCUT2D eigenvalue weighted by Crippen LogP contribution is -2.44. The number of carbonyl (C=O) groups excluding carboxylic acids is 2. The summed E-state index contributed by atoms with van der Waals surface area (Å²) < 4.78 is 27.7. The number of thiocarbonyl (C=S) groups is 1. The summed E-state index contributed by atoms with van der Waals surface area (Å²) in [5, 5.41) is 7.82. The molecule has 11 heteroatoms. The second-order valence-corrected chi connectivity index (χ2v) is 11.2. The van der Waals surface area contributed by atoms with Gasteiger partial charge in [0.25, 0.3) is 15.9 Å². The van der Waals surface area contributed by atoms with Crippen molar-refractivity contribution >= 4 is 50.6 Å². The molecule has 2 aliphatic rings. The predicted molar refractivity (Wildman–Crippen MR) is 131 cm³/mol. The molecule has 0 radical (unpaired) electrons. The maximum absolute atomic E-state index is 12.6. The highest BCUT2D eigenvalue weighted by Crippen LogP contribution is 2.27. The molecule has 1 saturated carbocycles. The van der Waals surface area contributed by atoms with E-state index >= 15 is 0 Å². The van der Waals surface area contributed by atoms with Crippen molar-refractivity contribution in [1.82, 2.24) is 20.3 Å². The molecule has 3 amide bonds. The first-order chi connectivity index (χ1) is 15.8. The number of rotatable bonds is 6. The van der Waals surface area contributed by atoms with Crippen molar-refractivity contribution < 1.29 is 18.0 Å². The predicted octanol–water partition coefficient (Wildman–Crippen LogP) is 3.14. The van der Waals surface area contributed by atoms with E-state index in [-0.39, 0.29) is 22.0 Å². The molecule has 2 aromatic rings. The van der Waals surface area contributed by atoms with Gasteiger partial charge in [0.05, 0.1) is 16.3 Å². The Morgan fingerprint density at radius 3 is 2.55 bits per heavy atom. The van der Waals surface area contributed by atoms with E-state index in [1.165, 1.54) is 34.8 Å². The van der Waals surface area contributed by atoms with Crippen molar-refractivity contribution in [3.63, 3.8) is 0 Å². The normalized spacial score (nSPS) is 16.4. The van der Waals surface area contributed by atoms with Gasteiger partial charge in [0, 0.05) is 12.6 Å². The molecule has 2 heterocycles. The Kier molecular flexibility index (Phi) is 7.30. The molecule has 0 spiro atoms. The number of nitrogens with one attached hydrogen (secondary N) is 3. The fourth-order valence-corrected chi connectivity index (χ4v) is 6.34. The van der Waals surface area contributed by atoms with Crippen molar-refractivity contribution in [1.29, 1.82) is 0 Å². The molecule has 3 N–H and O–H groups in total. The molecular formula is C22H26N4O4S3. The summed E-state index contributed by atoms with van der Waals surface area (Å²) in [4.78, 5) is 26.5. The van der Waals surface area contributed by atoms with Crippen LogP contribution in [0.5, 0.6) is 0 Å². The molecule has 0 unspecified atom stereocenters.